The molecule has 23 heavy (non-hydrogen) atoms. The van der Waals surface area contributed by atoms with Crippen molar-refractivity contribution < 1.29 is 9.32 Å². The Bertz CT molecular complexity index is 874. The zero-order valence-corrected chi connectivity index (χ0v) is 13.9. The van der Waals surface area contributed by atoms with Crippen LogP contribution < -0.4 is 5.32 Å². The highest BCUT2D eigenvalue weighted by Gasteiger charge is 2.15. The highest BCUT2D eigenvalue weighted by Crippen LogP contribution is 2.26. The zero-order chi connectivity index (χ0) is 16.6. The van der Waals surface area contributed by atoms with Crippen molar-refractivity contribution in [1.82, 2.24) is 15.5 Å². The van der Waals surface area contributed by atoms with Gasteiger partial charge in [0.25, 0.3) is 5.91 Å². The molecule has 0 aliphatic carbocycles. The van der Waals surface area contributed by atoms with Crippen molar-refractivity contribution in [2.75, 3.05) is 0 Å². The Morgan fingerprint density at radius 1 is 1.30 bits per heavy atom. The number of fused-ring (bicyclic) bond motifs is 1. The minimum absolute atomic E-state index is 0.169. The van der Waals surface area contributed by atoms with Crippen LogP contribution in [0.5, 0.6) is 0 Å². The van der Waals surface area contributed by atoms with Gasteiger partial charge in [-0.25, -0.2) is 0 Å². The topological polar surface area (TPSA) is 70.9 Å². The Morgan fingerprint density at radius 3 is 2.74 bits per heavy atom. The fraction of sp³-hybridized carbons (Fsp3) is 0.333. The number of carbonyl (C=O) groups excluding carboxylic acids is 1. The highest BCUT2D eigenvalue weighted by molar-refractivity contribution is 5.95. The maximum Gasteiger partial charge on any atom is 0.256 e. The summed E-state index contributed by atoms with van der Waals surface area (Å²) in [5, 5.41) is 7.82. The van der Waals surface area contributed by atoms with Crippen LogP contribution in [0.2, 0.25) is 0 Å². The predicted octanol–water partition coefficient (Wildman–Crippen LogP) is 3.57. The third kappa shape index (κ3) is 2.74. The maximum absolute atomic E-state index is 12.2. The first kappa shape index (κ1) is 15.3. The van der Waals surface area contributed by atoms with Crippen molar-refractivity contribution in [3.63, 3.8) is 0 Å². The molecule has 0 radical (unpaired) electrons. The molecule has 2 heterocycles. The largest absolute Gasteiger partial charge is 0.361 e. The molecule has 0 bridgehead atoms. The van der Waals surface area contributed by atoms with Crippen LogP contribution in [0.25, 0.3) is 10.9 Å². The lowest BCUT2D eigenvalue weighted by Gasteiger charge is -2.07. The van der Waals surface area contributed by atoms with Crippen molar-refractivity contribution in [3.05, 3.63) is 52.0 Å². The van der Waals surface area contributed by atoms with Gasteiger partial charge in [-0.1, -0.05) is 23.7 Å². The smallest absolute Gasteiger partial charge is 0.256 e. The highest BCUT2D eigenvalue weighted by atomic mass is 16.5. The molecule has 0 spiro atoms. The molecule has 5 nitrogen and oxygen atoms in total. The van der Waals surface area contributed by atoms with Crippen molar-refractivity contribution in [2.24, 2.45) is 0 Å². The maximum atomic E-state index is 12.2. The van der Waals surface area contributed by atoms with E-state index in [-0.39, 0.29) is 5.91 Å². The van der Waals surface area contributed by atoms with E-state index in [0.717, 1.165) is 17.5 Å². The summed E-state index contributed by atoms with van der Waals surface area (Å²) in [6.45, 7) is 8.55. The Labute approximate surface area is 135 Å². The molecule has 5 heteroatoms. The van der Waals surface area contributed by atoms with Gasteiger partial charge in [-0.05, 0) is 44.4 Å². The summed E-state index contributed by atoms with van der Waals surface area (Å²) in [5.41, 5.74) is 6.39. The molecule has 120 valence electrons. The van der Waals surface area contributed by atoms with Crippen LogP contribution in [0.15, 0.2) is 22.9 Å². The van der Waals surface area contributed by atoms with E-state index in [2.05, 4.69) is 48.4 Å². The average molecular weight is 311 g/mol. The Kier molecular flexibility index (Phi) is 3.94. The number of benzene rings is 1. The predicted molar refractivity (Wildman–Crippen MR) is 89.6 cm³/mol. The molecule has 0 aliphatic heterocycles. The molecule has 0 saturated heterocycles. The molecule has 3 rings (SSSR count). The quantitative estimate of drug-likeness (QED) is 0.773. The molecule has 3 aromatic rings. The van der Waals surface area contributed by atoms with E-state index in [1.807, 2.05) is 0 Å². The van der Waals surface area contributed by atoms with E-state index in [1.54, 1.807) is 6.92 Å². The average Bonchev–Trinajstić information content (AvgIpc) is 3.09. The van der Waals surface area contributed by atoms with E-state index in [1.165, 1.54) is 28.4 Å². The van der Waals surface area contributed by atoms with Gasteiger partial charge in [0, 0.05) is 17.6 Å². The van der Waals surface area contributed by atoms with Gasteiger partial charge in [-0.2, -0.15) is 0 Å². The van der Waals surface area contributed by atoms with Gasteiger partial charge in [-0.15, -0.1) is 0 Å². The molecule has 0 aliphatic rings. The van der Waals surface area contributed by atoms with E-state index in [4.69, 9.17) is 4.52 Å². The van der Waals surface area contributed by atoms with E-state index in [9.17, 15) is 4.79 Å². The summed E-state index contributed by atoms with van der Waals surface area (Å²) < 4.78 is 4.94. The standard InChI is InChI=1S/C18H21N3O2/c1-5-16-11(3)14-7-10(2)6-13(17(14)21-16)8-19-18(22)15-9-20-23-12(15)4/h6-7,9,21H,5,8H2,1-4H3,(H,19,22). The summed E-state index contributed by atoms with van der Waals surface area (Å²) in [5.74, 6) is 0.360. The van der Waals surface area contributed by atoms with Gasteiger partial charge in [0.1, 0.15) is 11.3 Å². The van der Waals surface area contributed by atoms with Gasteiger partial charge in [0.05, 0.1) is 11.7 Å². The van der Waals surface area contributed by atoms with Crippen molar-refractivity contribution >= 4 is 16.8 Å². The number of amides is 1. The summed E-state index contributed by atoms with van der Waals surface area (Å²) >= 11 is 0. The summed E-state index contributed by atoms with van der Waals surface area (Å²) in [6.07, 6.45) is 2.41. The Hall–Kier alpha value is -2.56. The fourth-order valence-corrected chi connectivity index (χ4v) is 2.99. The van der Waals surface area contributed by atoms with Gasteiger partial charge in [-0.3, -0.25) is 4.79 Å². The lowest BCUT2D eigenvalue weighted by Crippen LogP contribution is -2.23. The molecule has 2 aromatic heterocycles. The zero-order valence-electron chi connectivity index (χ0n) is 13.9. The van der Waals surface area contributed by atoms with Gasteiger partial charge in [0.2, 0.25) is 0 Å². The number of H-pyrrole nitrogens is 1. The summed E-state index contributed by atoms with van der Waals surface area (Å²) in [7, 11) is 0. The number of nitrogens with one attached hydrogen (secondary N) is 2. The second kappa shape index (κ2) is 5.91. The monoisotopic (exact) mass is 311 g/mol. The number of hydrogen-bond acceptors (Lipinski definition) is 3. The van der Waals surface area contributed by atoms with Crippen LogP contribution in [0.4, 0.5) is 0 Å². The summed E-state index contributed by atoms with van der Waals surface area (Å²) in [6, 6.07) is 4.30. The molecule has 1 aromatic carbocycles. The SMILES string of the molecule is CCc1[nH]c2c(CNC(=O)c3cnoc3C)cc(C)cc2c1C. The second-order valence-corrected chi connectivity index (χ2v) is 5.91. The lowest BCUT2D eigenvalue weighted by atomic mass is 10.0. The van der Waals surface area contributed by atoms with Gasteiger partial charge >= 0.3 is 0 Å². The minimum atomic E-state index is -0.169. The summed E-state index contributed by atoms with van der Waals surface area (Å²) in [4.78, 5) is 15.7. The van der Waals surface area contributed by atoms with Crippen molar-refractivity contribution in [3.8, 4) is 0 Å². The molecule has 0 atom stereocenters. The van der Waals surface area contributed by atoms with Crippen molar-refractivity contribution in [2.45, 2.75) is 40.7 Å². The molecule has 0 fully saturated rings. The fourth-order valence-electron chi connectivity index (χ4n) is 2.99. The molecular weight excluding hydrogens is 290 g/mol. The molecule has 0 unspecified atom stereocenters. The first-order valence-electron chi connectivity index (χ1n) is 7.81. The molecule has 1 amide bonds. The van der Waals surface area contributed by atoms with Crippen LogP contribution in [-0.2, 0) is 13.0 Å². The number of aromatic nitrogens is 2. The lowest BCUT2D eigenvalue weighted by molar-refractivity contribution is 0.0949. The Balaban J connectivity index is 1.91. The molecular formula is C18H21N3O2. The van der Waals surface area contributed by atoms with Crippen molar-refractivity contribution in [1.29, 1.82) is 0 Å². The van der Waals surface area contributed by atoms with Gasteiger partial charge < -0.3 is 14.8 Å². The number of aryl methyl sites for hydroxylation is 4. The second-order valence-electron chi connectivity index (χ2n) is 5.91. The molecule has 0 saturated carbocycles. The number of hydrogen-bond donors (Lipinski definition) is 2. The van der Waals surface area contributed by atoms with Crippen LogP contribution in [-0.4, -0.2) is 16.0 Å². The molecule has 2 N–H and O–H groups in total. The first-order chi connectivity index (χ1) is 11.0. The number of carbonyl (C=O) groups is 1. The van der Waals surface area contributed by atoms with Crippen LogP contribution in [0, 0.1) is 20.8 Å². The van der Waals surface area contributed by atoms with Gasteiger partial charge in [0.15, 0.2) is 0 Å². The van der Waals surface area contributed by atoms with E-state index >= 15 is 0 Å². The Morgan fingerprint density at radius 2 is 2.09 bits per heavy atom. The number of aromatic amines is 1. The third-order valence-corrected chi connectivity index (χ3v) is 4.29. The van der Waals surface area contributed by atoms with Crippen LogP contribution in [0.3, 0.4) is 0 Å². The van der Waals surface area contributed by atoms with Crippen LogP contribution in [0.1, 0.15) is 45.4 Å². The number of nitrogens with zero attached hydrogens (tertiary/aromatic N) is 1. The minimum Gasteiger partial charge on any atom is -0.361 e. The van der Waals surface area contributed by atoms with Crippen LogP contribution >= 0.6 is 0 Å². The first-order valence-corrected chi connectivity index (χ1v) is 7.81. The number of rotatable bonds is 4. The normalized spacial score (nSPS) is 11.1. The van der Waals surface area contributed by atoms with E-state index in [0.29, 0.717) is 17.9 Å². The third-order valence-electron chi connectivity index (χ3n) is 4.29. The van der Waals surface area contributed by atoms with E-state index < -0.39 is 0 Å².